The van der Waals surface area contributed by atoms with Crippen LogP contribution in [0.2, 0.25) is 0 Å². The number of hydrogen-bond acceptors (Lipinski definition) is 5. The van der Waals surface area contributed by atoms with E-state index in [0.717, 1.165) is 60.7 Å². The zero-order chi connectivity index (χ0) is 22.2. The molecule has 31 heavy (non-hydrogen) atoms. The average molecular weight is 460 g/mol. The Morgan fingerprint density at radius 2 is 1.68 bits per heavy atom. The molecule has 2 aromatic rings. The van der Waals surface area contributed by atoms with Crippen LogP contribution < -0.4 is 0 Å². The Balaban J connectivity index is 1.72. The maximum Gasteiger partial charge on any atom is 0.242 e. The molecule has 0 radical (unpaired) electrons. The molecule has 0 aliphatic carbocycles. The fourth-order valence-corrected chi connectivity index (χ4v) is 6.36. The lowest BCUT2D eigenvalue weighted by atomic mass is 9.96. The van der Waals surface area contributed by atoms with Crippen LogP contribution in [0.3, 0.4) is 0 Å². The minimum atomic E-state index is -3.58. The highest BCUT2D eigenvalue weighted by atomic mass is 32.2. The van der Waals surface area contributed by atoms with Crippen molar-refractivity contribution < 1.29 is 12.6 Å². The first-order valence-corrected chi connectivity index (χ1v) is 13.1. The van der Waals surface area contributed by atoms with Crippen molar-refractivity contribution in [3.05, 3.63) is 59.7 Å². The first-order valence-electron chi connectivity index (χ1n) is 10.5. The SMILES string of the molecule is CN1CCN(CC/C=C2/c3ccccc3S(=O)c3ccc(S(=O)(=O)N(C)C)cc32)CC1. The second-order valence-electron chi connectivity index (χ2n) is 8.26. The van der Waals surface area contributed by atoms with E-state index in [1.54, 1.807) is 18.2 Å². The molecule has 1 fully saturated rings. The highest BCUT2D eigenvalue weighted by Gasteiger charge is 2.28. The molecule has 1 saturated heterocycles. The summed E-state index contributed by atoms with van der Waals surface area (Å²) >= 11 is 0. The van der Waals surface area contributed by atoms with Gasteiger partial charge in [0.05, 0.1) is 25.5 Å². The molecule has 0 saturated carbocycles. The van der Waals surface area contributed by atoms with Crippen LogP contribution in [0.1, 0.15) is 17.5 Å². The monoisotopic (exact) mass is 459 g/mol. The van der Waals surface area contributed by atoms with Gasteiger partial charge in [-0.3, -0.25) is 0 Å². The highest BCUT2D eigenvalue weighted by molar-refractivity contribution is 7.89. The van der Waals surface area contributed by atoms with E-state index in [1.807, 2.05) is 24.3 Å². The van der Waals surface area contributed by atoms with Gasteiger partial charge >= 0.3 is 0 Å². The van der Waals surface area contributed by atoms with Crippen molar-refractivity contribution in [1.82, 2.24) is 14.1 Å². The van der Waals surface area contributed by atoms with Gasteiger partial charge in [-0.2, -0.15) is 0 Å². The number of benzene rings is 2. The van der Waals surface area contributed by atoms with Crippen LogP contribution in [-0.4, -0.2) is 80.6 Å². The molecule has 0 spiro atoms. The summed E-state index contributed by atoms with van der Waals surface area (Å²) in [5.41, 5.74) is 2.64. The number of likely N-dealkylation sites (N-methyl/N-ethyl adjacent to an activating group) is 1. The minimum absolute atomic E-state index is 0.220. The van der Waals surface area contributed by atoms with Gasteiger partial charge in [0.1, 0.15) is 0 Å². The first-order chi connectivity index (χ1) is 14.8. The van der Waals surface area contributed by atoms with Crippen LogP contribution in [0.4, 0.5) is 0 Å². The van der Waals surface area contributed by atoms with Gasteiger partial charge < -0.3 is 9.80 Å². The number of rotatable bonds is 5. The molecule has 0 bridgehead atoms. The molecule has 0 N–H and O–H groups in total. The lowest BCUT2D eigenvalue weighted by Gasteiger charge is -2.32. The Hall–Kier alpha value is -1.84. The predicted molar refractivity (Wildman–Crippen MR) is 124 cm³/mol. The molecule has 4 rings (SSSR count). The second-order valence-corrected chi connectivity index (χ2v) is 11.8. The number of fused-ring (bicyclic) bond motifs is 2. The van der Waals surface area contributed by atoms with Gasteiger partial charge in [0.2, 0.25) is 10.0 Å². The van der Waals surface area contributed by atoms with E-state index in [9.17, 15) is 12.6 Å². The number of hydrogen-bond donors (Lipinski definition) is 0. The number of sulfonamides is 1. The minimum Gasteiger partial charge on any atom is -0.304 e. The van der Waals surface area contributed by atoms with Gasteiger partial charge in [0, 0.05) is 46.8 Å². The Morgan fingerprint density at radius 1 is 1.00 bits per heavy atom. The predicted octanol–water partition coefficient (Wildman–Crippen LogP) is 2.49. The lowest BCUT2D eigenvalue weighted by molar-refractivity contribution is 0.156. The van der Waals surface area contributed by atoms with Crippen LogP contribution in [0.15, 0.2) is 63.2 Å². The van der Waals surface area contributed by atoms with Crippen LogP contribution in [0, 0.1) is 0 Å². The maximum absolute atomic E-state index is 13.2. The zero-order valence-corrected chi connectivity index (χ0v) is 19.9. The molecule has 1 atom stereocenters. The van der Waals surface area contributed by atoms with E-state index >= 15 is 0 Å². The molecule has 2 aromatic carbocycles. The smallest absolute Gasteiger partial charge is 0.242 e. The molecule has 166 valence electrons. The normalized spacial score (nSPS) is 21.3. The Kier molecular flexibility index (Phi) is 6.46. The molecular weight excluding hydrogens is 430 g/mol. The highest BCUT2D eigenvalue weighted by Crippen LogP contribution is 2.40. The topological polar surface area (TPSA) is 60.9 Å². The van der Waals surface area contributed by atoms with E-state index in [1.165, 1.54) is 18.4 Å². The van der Waals surface area contributed by atoms with Crippen molar-refractivity contribution in [3.8, 4) is 0 Å². The quantitative estimate of drug-likeness (QED) is 0.587. The van der Waals surface area contributed by atoms with Crippen molar-refractivity contribution in [1.29, 1.82) is 0 Å². The molecule has 8 heteroatoms. The van der Waals surface area contributed by atoms with Crippen molar-refractivity contribution in [2.75, 3.05) is 53.9 Å². The van der Waals surface area contributed by atoms with Crippen molar-refractivity contribution in [2.24, 2.45) is 0 Å². The summed E-state index contributed by atoms with van der Waals surface area (Å²) in [4.78, 5) is 6.46. The average Bonchev–Trinajstić information content (AvgIpc) is 2.77. The zero-order valence-electron chi connectivity index (χ0n) is 18.2. The standard InChI is InChI=1S/C23H29N3O3S2/c1-24(2)31(28,29)18-10-11-23-21(17-18)19(20-7-4-5-9-22(20)30(23)27)8-6-12-26-15-13-25(3)14-16-26/h4-5,7-11,17H,6,12-16H2,1-3H3/b19-8-. The molecular formula is C23H29N3O3S2. The largest absolute Gasteiger partial charge is 0.304 e. The van der Waals surface area contributed by atoms with E-state index in [-0.39, 0.29) is 4.90 Å². The Morgan fingerprint density at radius 3 is 2.39 bits per heavy atom. The molecule has 2 aliphatic heterocycles. The summed E-state index contributed by atoms with van der Waals surface area (Å²) in [6.07, 6.45) is 3.03. The van der Waals surface area contributed by atoms with Gasteiger partial charge in [-0.05, 0) is 54.4 Å². The fourth-order valence-electron chi connectivity index (χ4n) is 4.05. The molecule has 1 unspecified atom stereocenters. The summed E-state index contributed by atoms with van der Waals surface area (Å²) in [5.74, 6) is 0. The molecule has 2 heterocycles. The molecule has 0 amide bonds. The van der Waals surface area contributed by atoms with E-state index in [0.29, 0.717) is 4.90 Å². The van der Waals surface area contributed by atoms with Crippen LogP contribution in [0.5, 0.6) is 0 Å². The lowest BCUT2D eigenvalue weighted by Crippen LogP contribution is -2.44. The number of nitrogens with zero attached hydrogens (tertiary/aromatic N) is 3. The Bertz CT molecular complexity index is 1130. The summed E-state index contributed by atoms with van der Waals surface area (Å²) in [7, 11) is 0.280. The number of piperazine rings is 1. The van der Waals surface area contributed by atoms with Gasteiger partial charge in [-0.25, -0.2) is 16.9 Å². The van der Waals surface area contributed by atoms with Crippen LogP contribution in [-0.2, 0) is 20.8 Å². The fraction of sp³-hybridized carbons (Fsp3) is 0.391. The van der Waals surface area contributed by atoms with E-state index in [4.69, 9.17) is 0 Å². The molecule has 0 aromatic heterocycles. The summed E-state index contributed by atoms with van der Waals surface area (Å²) in [6, 6.07) is 12.6. The third kappa shape index (κ3) is 4.40. The Labute approximate surface area is 187 Å². The molecule has 6 nitrogen and oxygen atoms in total. The van der Waals surface area contributed by atoms with Crippen molar-refractivity contribution in [3.63, 3.8) is 0 Å². The molecule has 2 aliphatic rings. The van der Waals surface area contributed by atoms with Gasteiger partial charge in [0.15, 0.2) is 0 Å². The van der Waals surface area contributed by atoms with Crippen molar-refractivity contribution >= 4 is 26.4 Å². The third-order valence-corrected chi connectivity index (χ3v) is 9.31. The van der Waals surface area contributed by atoms with E-state index < -0.39 is 20.8 Å². The summed E-state index contributed by atoms with van der Waals surface area (Å²) in [6.45, 7) is 5.22. The van der Waals surface area contributed by atoms with Gasteiger partial charge in [0.25, 0.3) is 0 Å². The summed E-state index contributed by atoms with van der Waals surface area (Å²) in [5, 5.41) is 0. The van der Waals surface area contributed by atoms with Gasteiger partial charge in [-0.15, -0.1) is 0 Å². The van der Waals surface area contributed by atoms with Crippen LogP contribution in [0.25, 0.3) is 5.57 Å². The van der Waals surface area contributed by atoms with E-state index in [2.05, 4.69) is 22.9 Å². The first kappa shape index (κ1) is 22.4. The van der Waals surface area contributed by atoms with Gasteiger partial charge in [-0.1, -0.05) is 24.3 Å². The van der Waals surface area contributed by atoms with Crippen LogP contribution >= 0.6 is 0 Å². The maximum atomic E-state index is 13.2. The third-order valence-electron chi connectivity index (χ3n) is 5.99. The summed E-state index contributed by atoms with van der Waals surface area (Å²) < 4.78 is 39.9. The second kappa shape index (κ2) is 8.96. The van der Waals surface area contributed by atoms with Crippen molar-refractivity contribution in [2.45, 2.75) is 21.1 Å².